The molecule has 0 saturated heterocycles. The van der Waals surface area contributed by atoms with Crippen molar-refractivity contribution in [2.24, 2.45) is 5.92 Å². The predicted molar refractivity (Wildman–Crippen MR) is 84.8 cm³/mol. The van der Waals surface area contributed by atoms with E-state index in [9.17, 15) is 8.42 Å². The minimum atomic E-state index is -3.38. The van der Waals surface area contributed by atoms with E-state index in [0.29, 0.717) is 29.8 Å². The molecule has 1 aromatic carbocycles. The summed E-state index contributed by atoms with van der Waals surface area (Å²) < 4.78 is 26.6. The average Bonchev–Trinajstić information content (AvgIpc) is 2.42. The molecule has 0 radical (unpaired) electrons. The van der Waals surface area contributed by atoms with Gasteiger partial charge >= 0.3 is 0 Å². The van der Waals surface area contributed by atoms with Crippen LogP contribution in [0.2, 0.25) is 0 Å². The van der Waals surface area contributed by atoms with Crippen LogP contribution in [0.1, 0.15) is 32.8 Å². The lowest BCUT2D eigenvalue weighted by atomic mass is 10.1. The van der Waals surface area contributed by atoms with Crippen LogP contribution in [-0.2, 0) is 16.4 Å². The molecule has 1 aromatic rings. The maximum absolute atomic E-state index is 12.5. The highest BCUT2D eigenvalue weighted by molar-refractivity contribution is 7.89. The van der Waals surface area contributed by atoms with Gasteiger partial charge in [-0.2, -0.15) is 4.31 Å². The van der Waals surface area contributed by atoms with Crippen LogP contribution in [0.5, 0.6) is 0 Å². The van der Waals surface area contributed by atoms with Gasteiger partial charge in [0.2, 0.25) is 10.0 Å². The van der Waals surface area contributed by atoms with Gasteiger partial charge in [-0.25, -0.2) is 8.42 Å². The molecule has 0 N–H and O–H groups in total. The molecule has 114 valence electrons. The monoisotopic (exact) mass is 317 g/mol. The van der Waals surface area contributed by atoms with Gasteiger partial charge in [0.15, 0.2) is 0 Å². The minimum absolute atomic E-state index is 0.313. The van der Waals surface area contributed by atoms with E-state index in [0.717, 1.165) is 18.4 Å². The van der Waals surface area contributed by atoms with Gasteiger partial charge in [-0.15, -0.1) is 11.6 Å². The second-order valence-corrected chi connectivity index (χ2v) is 7.60. The molecule has 0 fully saturated rings. The van der Waals surface area contributed by atoms with Gasteiger partial charge in [0.1, 0.15) is 0 Å². The fraction of sp³-hybridized carbons (Fsp3) is 0.600. The van der Waals surface area contributed by atoms with E-state index in [4.69, 9.17) is 11.6 Å². The van der Waals surface area contributed by atoms with E-state index in [1.54, 1.807) is 12.1 Å². The smallest absolute Gasteiger partial charge is 0.207 e. The topological polar surface area (TPSA) is 37.4 Å². The van der Waals surface area contributed by atoms with Crippen molar-refractivity contribution in [3.8, 4) is 0 Å². The lowest BCUT2D eigenvalue weighted by Crippen LogP contribution is -2.34. The summed E-state index contributed by atoms with van der Waals surface area (Å²) in [4.78, 5) is 0.370. The van der Waals surface area contributed by atoms with Crippen molar-refractivity contribution >= 4 is 21.6 Å². The summed E-state index contributed by atoms with van der Waals surface area (Å²) in [5, 5.41) is 0. The number of aryl methyl sites for hydroxylation is 1. The van der Waals surface area contributed by atoms with Crippen LogP contribution in [0.4, 0.5) is 0 Å². The maximum Gasteiger partial charge on any atom is 0.243 e. The summed E-state index contributed by atoms with van der Waals surface area (Å²) in [6.07, 6.45) is 1.79. The van der Waals surface area contributed by atoms with Gasteiger partial charge in [-0.05, 0) is 36.5 Å². The second kappa shape index (κ2) is 8.01. The first-order chi connectivity index (χ1) is 9.41. The van der Waals surface area contributed by atoms with Crippen LogP contribution in [0.3, 0.4) is 0 Å². The Morgan fingerprint density at radius 2 is 1.80 bits per heavy atom. The lowest BCUT2D eigenvalue weighted by molar-refractivity contribution is 0.381. The molecule has 0 spiro atoms. The zero-order chi connectivity index (χ0) is 15.2. The molecule has 0 unspecified atom stereocenters. The van der Waals surface area contributed by atoms with Gasteiger partial charge in [0, 0.05) is 19.0 Å². The predicted octanol–water partition coefficient (Wildman–Crippen LogP) is 3.52. The summed E-state index contributed by atoms with van der Waals surface area (Å²) >= 11 is 5.66. The van der Waals surface area contributed by atoms with Crippen LogP contribution in [-0.4, -0.2) is 31.7 Å². The third kappa shape index (κ3) is 4.76. The summed E-state index contributed by atoms with van der Waals surface area (Å²) in [6, 6.07) is 7.15. The van der Waals surface area contributed by atoms with E-state index in [-0.39, 0.29) is 0 Å². The molecule has 0 saturated carbocycles. The largest absolute Gasteiger partial charge is 0.243 e. The number of sulfonamides is 1. The molecule has 3 nitrogen and oxygen atoms in total. The van der Waals surface area contributed by atoms with Crippen LogP contribution >= 0.6 is 11.6 Å². The number of alkyl halides is 1. The number of benzene rings is 1. The fourth-order valence-electron chi connectivity index (χ4n) is 2.05. The summed E-state index contributed by atoms with van der Waals surface area (Å²) in [6.45, 7) is 6.96. The van der Waals surface area contributed by atoms with Crippen molar-refractivity contribution < 1.29 is 8.42 Å². The fourth-order valence-corrected chi connectivity index (χ4v) is 3.80. The molecule has 0 heterocycles. The van der Waals surface area contributed by atoms with Gasteiger partial charge in [0.25, 0.3) is 0 Å². The van der Waals surface area contributed by atoms with Crippen molar-refractivity contribution in [3.05, 3.63) is 29.8 Å². The molecule has 1 rings (SSSR count). The number of hydrogen-bond acceptors (Lipinski definition) is 2. The SMILES string of the molecule is CCN(CC(C)C)S(=O)(=O)c1ccc(CCCCl)cc1. The molecule has 20 heavy (non-hydrogen) atoms. The van der Waals surface area contributed by atoms with Gasteiger partial charge < -0.3 is 0 Å². The first-order valence-corrected chi connectivity index (χ1v) is 9.04. The summed E-state index contributed by atoms with van der Waals surface area (Å²) in [5.41, 5.74) is 1.12. The van der Waals surface area contributed by atoms with Crippen molar-refractivity contribution in [2.75, 3.05) is 19.0 Å². The molecule has 0 aliphatic heterocycles. The molecular weight excluding hydrogens is 294 g/mol. The minimum Gasteiger partial charge on any atom is -0.207 e. The number of halogens is 1. The molecule has 0 amide bonds. The first-order valence-electron chi connectivity index (χ1n) is 7.06. The Morgan fingerprint density at radius 3 is 2.25 bits per heavy atom. The number of rotatable bonds is 8. The van der Waals surface area contributed by atoms with Crippen molar-refractivity contribution in [2.45, 2.75) is 38.5 Å². The highest BCUT2D eigenvalue weighted by Crippen LogP contribution is 2.18. The van der Waals surface area contributed by atoms with E-state index >= 15 is 0 Å². The van der Waals surface area contributed by atoms with Crippen LogP contribution in [0, 0.1) is 5.92 Å². The van der Waals surface area contributed by atoms with Gasteiger partial charge in [0.05, 0.1) is 4.90 Å². The van der Waals surface area contributed by atoms with Gasteiger partial charge in [-0.3, -0.25) is 0 Å². The first kappa shape index (κ1) is 17.5. The molecule has 0 atom stereocenters. The summed E-state index contributed by atoms with van der Waals surface area (Å²) in [7, 11) is -3.38. The zero-order valence-corrected chi connectivity index (χ0v) is 14.0. The van der Waals surface area contributed by atoms with Crippen molar-refractivity contribution in [1.29, 1.82) is 0 Å². The Morgan fingerprint density at radius 1 is 1.20 bits per heavy atom. The Labute approximate surface area is 128 Å². The third-order valence-corrected chi connectivity index (χ3v) is 5.30. The summed E-state index contributed by atoms with van der Waals surface area (Å²) in [5.74, 6) is 0.936. The highest BCUT2D eigenvalue weighted by Gasteiger charge is 2.23. The molecular formula is C15H24ClNO2S. The standard InChI is InChI=1S/C15H24ClNO2S/c1-4-17(12-13(2)3)20(18,19)15-9-7-14(8-10-15)6-5-11-16/h7-10,13H,4-6,11-12H2,1-3H3. The molecule has 0 aromatic heterocycles. The molecule has 0 bridgehead atoms. The molecule has 5 heteroatoms. The molecule has 0 aliphatic carbocycles. The van der Waals surface area contributed by atoms with Gasteiger partial charge in [-0.1, -0.05) is 32.9 Å². The zero-order valence-electron chi connectivity index (χ0n) is 12.5. The van der Waals surface area contributed by atoms with E-state index in [1.165, 1.54) is 4.31 Å². The van der Waals surface area contributed by atoms with E-state index in [1.807, 2.05) is 32.9 Å². The van der Waals surface area contributed by atoms with E-state index < -0.39 is 10.0 Å². The number of hydrogen-bond donors (Lipinski definition) is 0. The van der Waals surface area contributed by atoms with Crippen molar-refractivity contribution in [1.82, 2.24) is 4.31 Å². The molecule has 0 aliphatic rings. The Hall–Kier alpha value is -0.580. The van der Waals surface area contributed by atoms with Crippen LogP contribution in [0.15, 0.2) is 29.2 Å². The van der Waals surface area contributed by atoms with Crippen molar-refractivity contribution in [3.63, 3.8) is 0 Å². The Bertz CT molecular complexity index is 497. The Balaban J connectivity index is 2.91. The quantitative estimate of drug-likeness (QED) is 0.688. The van der Waals surface area contributed by atoms with Crippen LogP contribution < -0.4 is 0 Å². The third-order valence-electron chi connectivity index (χ3n) is 3.08. The normalized spacial score (nSPS) is 12.3. The highest BCUT2D eigenvalue weighted by atomic mass is 35.5. The van der Waals surface area contributed by atoms with Crippen LogP contribution in [0.25, 0.3) is 0 Å². The Kier molecular flexibility index (Phi) is 7.00. The van der Waals surface area contributed by atoms with E-state index in [2.05, 4.69) is 0 Å². The second-order valence-electron chi connectivity index (χ2n) is 5.29. The average molecular weight is 318 g/mol. The maximum atomic E-state index is 12.5. The number of nitrogens with zero attached hydrogens (tertiary/aromatic N) is 1. The lowest BCUT2D eigenvalue weighted by Gasteiger charge is -2.22.